The molecule has 2 unspecified atom stereocenters. The molecule has 0 radical (unpaired) electrons. The predicted molar refractivity (Wildman–Crippen MR) is 67.9 cm³/mol. The van der Waals surface area contributed by atoms with Crippen LogP contribution >= 0.6 is 11.8 Å². The van der Waals surface area contributed by atoms with Crippen LogP contribution in [0.1, 0.15) is 13.3 Å². The number of nitrogens with one attached hydrogen (secondary N) is 2. The Hall–Kier alpha value is -0.750. The molecule has 5 nitrogen and oxygen atoms in total. The molecule has 2 saturated heterocycles. The molecule has 2 heterocycles. The third-order valence-corrected chi connectivity index (χ3v) is 4.28. The van der Waals surface area contributed by atoms with Crippen LogP contribution in [0, 0.1) is 0 Å². The first-order chi connectivity index (χ1) is 8.24. The standard InChI is InChI=1S/C11H19N3O2S/c1-2-9-10(15)13-3-5-14(9)11(16)8-7-17-6-4-12-8/h8-9,12H,2-7H2,1H3,(H,13,15). The van der Waals surface area contributed by atoms with Gasteiger partial charge in [-0.15, -0.1) is 0 Å². The molecule has 0 aromatic heterocycles. The van der Waals surface area contributed by atoms with Crippen LogP contribution < -0.4 is 10.6 Å². The van der Waals surface area contributed by atoms with E-state index in [2.05, 4.69) is 10.6 Å². The lowest BCUT2D eigenvalue weighted by Gasteiger charge is -2.37. The Morgan fingerprint density at radius 1 is 1.53 bits per heavy atom. The number of rotatable bonds is 2. The van der Waals surface area contributed by atoms with Crippen molar-refractivity contribution in [2.45, 2.75) is 25.4 Å². The van der Waals surface area contributed by atoms with Gasteiger partial charge < -0.3 is 15.5 Å². The summed E-state index contributed by atoms with van der Waals surface area (Å²) in [6.45, 7) is 4.02. The summed E-state index contributed by atoms with van der Waals surface area (Å²) >= 11 is 1.79. The molecule has 0 aromatic rings. The maximum atomic E-state index is 12.3. The van der Waals surface area contributed by atoms with Crippen molar-refractivity contribution < 1.29 is 9.59 Å². The first kappa shape index (κ1) is 12.7. The van der Waals surface area contributed by atoms with E-state index in [-0.39, 0.29) is 23.9 Å². The summed E-state index contributed by atoms with van der Waals surface area (Å²) < 4.78 is 0. The van der Waals surface area contributed by atoms with Gasteiger partial charge in [0.1, 0.15) is 6.04 Å². The fourth-order valence-electron chi connectivity index (χ4n) is 2.31. The lowest BCUT2D eigenvalue weighted by atomic mass is 10.1. The molecule has 0 aliphatic carbocycles. The molecule has 2 aliphatic rings. The van der Waals surface area contributed by atoms with Gasteiger partial charge in [-0.2, -0.15) is 11.8 Å². The summed E-state index contributed by atoms with van der Waals surface area (Å²) in [5.41, 5.74) is 0. The van der Waals surface area contributed by atoms with Gasteiger partial charge in [-0.1, -0.05) is 6.92 Å². The van der Waals surface area contributed by atoms with Gasteiger partial charge in [0.15, 0.2) is 0 Å². The van der Waals surface area contributed by atoms with E-state index in [4.69, 9.17) is 0 Å². The molecule has 17 heavy (non-hydrogen) atoms. The monoisotopic (exact) mass is 257 g/mol. The van der Waals surface area contributed by atoms with Crippen molar-refractivity contribution in [2.75, 3.05) is 31.1 Å². The molecule has 0 aromatic carbocycles. The molecule has 2 atom stereocenters. The third kappa shape index (κ3) is 2.74. The molecule has 2 N–H and O–H groups in total. The summed E-state index contributed by atoms with van der Waals surface area (Å²) in [5, 5.41) is 6.04. The number of amides is 2. The van der Waals surface area contributed by atoms with Gasteiger partial charge in [-0.25, -0.2) is 0 Å². The molecule has 2 fully saturated rings. The fraction of sp³-hybridized carbons (Fsp3) is 0.818. The lowest BCUT2D eigenvalue weighted by molar-refractivity contribution is -0.144. The SMILES string of the molecule is CCC1C(=O)NCCN1C(=O)C1CSCCN1. The first-order valence-electron chi connectivity index (χ1n) is 6.13. The van der Waals surface area contributed by atoms with Crippen LogP contribution in [-0.2, 0) is 9.59 Å². The Kier molecular flexibility index (Phi) is 4.28. The minimum absolute atomic E-state index is 0.0180. The number of thioether (sulfide) groups is 1. The summed E-state index contributed by atoms with van der Waals surface area (Å²) in [4.78, 5) is 25.8. The zero-order valence-electron chi connectivity index (χ0n) is 10.1. The summed E-state index contributed by atoms with van der Waals surface area (Å²) in [6, 6.07) is -0.404. The van der Waals surface area contributed by atoms with Gasteiger partial charge in [0.05, 0.1) is 6.04 Å². The van der Waals surface area contributed by atoms with E-state index in [1.165, 1.54) is 0 Å². The highest BCUT2D eigenvalue weighted by Gasteiger charge is 2.35. The number of hydrogen-bond acceptors (Lipinski definition) is 4. The van der Waals surface area contributed by atoms with Gasteiger partial charge >= 0.3 is 0 Å². The maximum Gasteiger partial charge on any atom is 0.242 e. The van der Waals surface area contributed by atoms with Crippen molar-refractivity contribution in [1.82, 2.24) is 15.5 Å². The van der Waals surface area contributed by atoms with Crippen LogP contribution in [0.5, 0.6) is 0 Å². The smallest absolute Gasteiger partial charge is 0.242 e. The Labute approximate surface area is 106 Å². The quantitative estimate of drug-likeness (QED) is 0.695. The molecular formula is C11H19N3O2S. The second kappa shape index (κ2) is 5.73. The molecule has 96 valence electrons. The van der Waals surface area contributed by atoms with Gasteiger partial charge in [-0.05, 0) is 6.42 Å². The van der Waals surface area contributed by atoms with E-state index in [0.717, 1.165) is 18.1 Å². The highest BCUT2D eigenvalue weighted by Crippen LogP contribution is 2.14. The molecule has 0 saturated carbocycles. The van der Waals surface area contributed by atoms with E-state index in [1.807, 2.05) is 6.92 Å². The Morgan fingerprint density at radius 3 is 3.00 bits per heavy atom. The summed E-state index contributed by atoms with van der Waals surface area (Å²) in [7, 11) is 0. The highest BCUT2D eigenvalue weighted by molar-refractivity contribution is 7.99. The van der Waals surface area contributed by atoms with Gasteiger partial charge in [0, 0.05) is 31.1 Å². The van der Waals surface area contributed by atoms with Crippen LogP contribution in [0.3, 0.4) is 0 Å². The Balaban J connectivity index is 2.03. The van der Waals surface area contributed by atoms with E-state index in [1.54, 1.807) is 16.7 Å². The molecule has 0 bridgehead atoms. The fourth-order valence-corrected chi connectivity index (χ4v) is 3.23. The first-order valence-corrected chi connectivity index (χ1v) is 7.29. The molecule has 6 heteroatoms. The number of piperazine rings is 1. The Bertz CT molecular complexity index is 305. The minimum Gasteiger partial charge on any atom is -0.353 e. The minimum atomic E-state index is -0.287. The van der Waals surface area contributed by atoms with Crippen molar-refractivity contribution in [2.24, 2.45) is 0 Å². The van der Waals surface area contributed by atoms with Crippen LogP contribution in [0.2, 0.25) is 0 Å². The van der Waals surface area contributed by atoms with Gasteiger partial charge in [-0.3, -0.25) is 9.59 Å². The molecule has 0 spiro atoms. The second-order valence-electron chi connectivity index (χ2n) is 4.33. The summed E-state index contributed by atoms with van der Waals surface area (Å²) in [5.74, 6) is 1.93. The Morgan fingerprint density at radius 2 is 2.35 bits per heavy atom. The second-order valence-corrected chi connectivity index (χ2v) is 5.48. The molecule has 2 aliphatic heterocycles. The topological polar surface area (TPSA) is 61.4 Å². The van der Waals surface area contributed by atoms with Crippen molar-refractivity contribution >= 4 is 23.6 Å². The number of carbonyl (C=O) groups is 2. The van der Waals surface area contributed by atoms with Crippen LogP contribution in [-0.4, -0.2) is 59.9 Å². The summed E-state index contributed by atoms with van der Waals surface area (Å²) in [6.07, 6.45) is 0.678. The van der Waals surface area contributed by atoms with E-state index in [0.29, 0.717) is 19.5 Å². The lowest BCUT2D eigenvalue weighted by Crippen LogP contribution is -2.61. The maximum absolute atomic E-state index is 12.3. The molecule has 2 amide bonds. The molecule has 2 rings (SSSR count). The largest absolute Gasteiger partial charge is 0.353 e. The zero-order chi connectivity index (χ0) is 12.3. The average Bonchev–Trinajstić information content (AvgIpc) is 2.38. The molecular weight excluding hydrogens is 238 g/mol. The van der Waals surface area contributed by atoms with Crippen LogP contribution in [0.15, 0.2) is 0 Å². The zero-order valence-corrected chi connectivity index (χ0v) is 10.9. The van der Waals surface area contributed by atoms with Crippen LogP contribution in [0.4, 0.5) is 0 Å². The average molecular weight is 257 g/mol. The third-order valence-electron chi connectivity index (χ3n) is 3.22. The highest BCUT2D eigenvalue weighted by atomic mass is 32.2. The normalized spacial score (nSPS) is 29.9. The van der Waals surface area contributed by atoms with Crippen LogP contribution in [0.25, 0.3) is 0 Å². The van der Waals surface area contributed by atoms with Crippen molar-refractivity contribution in [1.29, 1.82) is 0 Å². The van der Waals surface area contributed by atoms with Crippen molar-refractivity contribution in [3.63, 3.8) is 0 Å². The van der Waals surface area contributed by atoms with Crippen molar-refractivity contribution in [3.8, 4) is 0 Å². The predicted octanol–water partition coefficient (Wildman–Crippen LogP) is -0.572. The van der Waals surface area contributed by atoms with Gasteiger partial charge in [0.2, 0.25) is 11.8 Å². The number of hydrogen-bond donors (Lipinski definition) is 2. The van der Waals surface area contributed by atoms with E-state index >= 15 is 0 Å². The number of nitrogens with zero attached hydrogens (tertiary/aromatic N) is 1. The number of carbonyl (C=O) groups excluding carboxylic acids is 2. The van der Waals surface area contributed by atoms with E-state index in [9.17, 15) is 9.59 Å². The van der Waals surface area contributed by atoms with Gasteiger partial charge in [0.25, 0.3) is 0 Å². The van der Waals surface area contributed by atoms with E-state index < -0.39 is 0 Å². The van der Waals surface area contributed by atoms with Crippen molar-refractivity contribution in [3.05, 3.63) is 0 Å².